The van der Waals surface area contributed by atoms with Gasteiger partial charge in [-0.15, -0.1) is 0 Å². The molecule has 8 nitrogen and oxygen atoms in total. The van der Waals surface area contributed by atoms with Gasteiger partial charge in [0, 0.05) is 12.3 Å². The number of nitrogens with two attached hydrogens (primary N) is 1. The second-order valence-corrected chi connectivity index (χ2v) is 6.08. The van der Waals surface area contributed by atoms with Crippen molar-refractivity contribution < 1.29 is 19.1 Å². The van der Waals surface area contributed by atoms with Crippen LogP contribution < -0.4 is 26.0 Å². The van der Waals surface area contributed by atoms with E-state index in [0.717, 1.165) is 11.6 Å². The molecule has 0 bridgehead atoms. The minimum absolute atomic E-state index is 0.0167. The number of nitrogens with one attached hydrogen (secondary N) is 2. The van der Waals surface area contributed by atoms with Crippen molar-refractivity contribution in [2.45, 2.75) is 6.61 Å². The Morgan fingerprint density at radius 1 is 1.10 bits per heavy atom. The van der Waals surface area contributed by atoms with Crippen molar-refractivity contribution in [3.05, 3.63) is 87.8 Å². The molecular formula is C21H19N3O5. The van der Waals surface area contributed by atoms with E-state index in [2.05, 4.69) is 10.3 Å². The van der Waals surface area contributed by atoms with Gasteiger partial charge in [-0.2, -0.15) is 0 Å². The van der Waals surface area contributed by atoms with Crippen LogP contribution in [-0.4, -0.2) is 23.9 Å². The minimum atomic E-state index is -0.671. The lowest BCUT2D eigenvalue weighted by molar-refractivity contribution is 0.100. The highest BCUT2D eigenvalue weighted by atomic mass is 16.5. The Morgan fingerprint density at radius 3 is 2.62 bits per heavy atom. The number of H-pyrrole nitrogens is 1. The maximum atomic E-state index is 12.4. The van der Waals surface area contributed by atoms with E-state index in [4.69, 9.17) is 15.2 Å². The van der Waals surface area contributed by atoms with Gasteiger partial charge in [0.25, 0.3) is 11.8 Å². The summed E-state index contributed by atoms with van der Waals surface area (Å²) in [4.78, 5) is 38.9. The number of carbonyl (C=O) groups is 2. The van der Waals surface area contributed by atoms with Gasteiger partial charge in [-0.3, -0.25) is 14.4 Å². The smallest absolute Gasteiger partial charge is 0.272 e. The Bertz CT molecular complexity index is 1110. The van der Waals surface area contributed by atoms with Crippen LogP contribution in [-0.2, 0) is 6.61 Å². The molecule has 3 rings (SSSR count). The van der Waals surface area contributed by atoms with Crippen molar-refractivity contribution in [1.82, 2.24) is 4.98 Å². The second-order valence-electron chi connectivity index (χ2n) is 6.08. The number of para-hydroxylation sites is 1. The number of aromatic amines is 1. The summed E-state index contributed by atoms with van der Waals surface area (Å²) in [6.07, 6.45) is 1.32. The molecular weight excluding hydrogens is 374 g/mol. The largest absolute Gasteiger partial charge is 0.497 e. The number of hydrogen-bond donors (Lipinski definition) is 3. The number of carbonyl (C=O) groups excluding carboxylic acids is 2. The Morgan fingerprint density at radius 2 is 1.90 bits per heavy atom. The standard InChI is InChI=1S/C21H19N3O5/c1-28-14-6-4-5-13(9-14)12-29-19-11-23-17(10-18(19)25)21(27)24-16-8-3-2-7-15(16)20(22)26/h2-11H,12H2,1H3,(H2,22,26)(H,23,25)(H,24,27). The first kappa shape index (κ1) is 19.7. The molecule has 0 unspecified atom stereocenters. The first-order valence-electron chi connectivity index (χ1n) is 8.66. The fraction of sp³-hybridized carbons (Fsp3) is 0.0952. The molecule has 0 spiro atoms. The first-order chi connectivity index (χ1) is 14.0. The number of benzene rings is 2. The number of ether oxygens (including phenoxy) is 2. The van der Waals surface area contributed by atoms with E-state index in [1.54, 1.807) is 37.4 Å². The molecule has 148 valence electrons. The van der Waals surface area contributed by atoms with E-state index >= 15 is 0 Å². The zero-order valence-electron chi connectivity index (χ0n) is 15.6. The molecule has 0 radical (unpaired) electrons. The third-order valence-corrected chi connectivity index (χ3v) is 4.09. The van der Waals surface area contributed by atoms with Gasteiger partial charge in [0.1, 0.15) is 18.1 Å². The van der Waals surface area contributed by atoms with Crippen molar-refractivity contribution in [1.29, 1.82) is 0 Å². The number of anilines is 1. The van der Waals surface area contributed by atoms with Gasteiger partial charge >= 0.3 is 0 Å². The number of pyridine rings is 1. The van der Waals surface area contributed by atoms with Crippen LogP contribution in [0.3, 0.4) is 0 Å². The SMILES string of the molecule is COc1cccc(COc2c[nH]c(C(=O)Nc3ccccc3C(N)=O)cc2=O)c1. The lowest BCUT2D eigenvalue weighted by atomic mass is 10.1. The van der Waals surface area contributed by atoms with Gasteiger partial charge in [-0.05, 0) is 29.8 Å². The van der Waals surface area contributed by atoms with Gasteiger partial charge in [0.15, 0.2) is 5.75 Å². The molecule has 0 aliphatic rings. The molecule has 2 amide bonds. The number of rotatable bonds is 7. The van der Waals surface area contributed by atoms with E-state index in [1.165, 1.54) is 12.3 Å². The summed E-state index contributed by atoms with van der Waals surface area (Å²) in [6, 6.07) is 14.7. The topological polar surface area (TPSA) is 124 Å². The molecule has 4 N–H and O–H groups in total. The lowest BCUT2D eigenvalue weighted by Crippen LogP contribution is -2.20. The Kier molecular flexibility index (Phi) is 5.94. The number of hydrogen-bond acceptors (Lipinski definition) is 5. The second kappa shape index (κ2) is 8.75. The highest BCUT2D eigenvalue weighted by Gasteiger charge is 2.14. The Labute approximate surface area is 166 Å². The molecule has 3 aromatic rings. The summed E-state index contributed by atoms with van der Waals surface area (Å²) in [6.45, 7) is 0.164. The first-order valence-corrected chi connectivity index (χ1v) is 8.66. The van der Waals surface area contributed by atoms with Gasteiger partial charge < -0.3 is 25.5 Å². The Balaban J connectivity index is 1.71. The number of primary amides is 1. The molecule has 0 aliphatic heterocycles. The predicted molar refractivity (Wildman–Crippen MR) is 107 cm³/mol. The van der Waals surface area contributed by atoms with Crippen LogP contribution in [0.1, 0.15) is 26.4 Å². The maximum absolute atomic E-state index is 12.4. The average Bonchev–Trinajstić information content (AvgIpc) is 2.73. The normalized spacial score (nSPS) is 10.2. The third kappa shape index (κ3) is 4.81. The van der Waals surface area contributed by atoms with Crippen LogP contribution in [0.5, 0.6) is 11.5 Å². The highest BCUT2D eigenvalue weighted by molar-refractivity contribution is 6.07. The molecule has 0 fully saturated rings. The van der Waals surface area contributed by atoms with Crippen molar-refractivity contribution in [2.24, 2.45) is 5.73 Å². The van der Waals surface area contributed by atoms with Crippen molar-refractivity contribution >= 4 is 17.5 Å². The van der Waals surface area contributed by atoms with Crippen molar-refractivity contribution in [3.8, 4) is 11.5 Å². The Hall–Kier alpha value is -4.07. The quantitative estimate of drug-likeness (QED) is 0.568. The van der Waals surface area contributed by atoms with Crippen molar-refractivity contribution in [3.63, 3.8) is 0 Å². The van der Waals surface area contributed by atoms with Gasteiger partial charge in [-0.1, -0.05) is 24.3 Å². The molecule has 8 heteroatoms. The summed E-state index contributed by atoms with van der Waals surface area (Å²) in [7, 11) is 1.57. The van der Waals surface area contributed by atoms with E-state index in [9.17, 15) is 14.4 Å². The van der Waals surface area contributed by atoms with Gasteiger partial charge in [0.2, 0.25) is 5.43 Å². The van der Waals surface area contributed by atoms with Crippen LogP contribution in [0, 0.1) is 0 Å². The minimum Gasteiger partial charge on any atom is -0.497 e. The number of methoxy groups -OCH3 is 1. The predicted octanol–water partition coefficient (Wildman–Crippen LogP) is 2.31. The van der Waals surface area contributed by atoms with E-state index in [0.29, 0.717) is 5.75 Å². The van der Waals surface area contributed by atoms with Crippen LogP contribution in [0.25, 0.3) is 0 Å². The molecule has 0 aliphatic carbocycles. The highest BCUT2D eigenvalue weighted by Crippen LogP contribution is 2.16. The molecule has 29 heavy (non-hydrogen) atoms. The third-order valence-electron chi connectivity index (χ3n) is 4.09. The average molecular weight is 393 g/mol. The van der Waals surface area contributed by atoms with Gasteiger partial charge in [0.05, 0.1) is 18.4 Å². The van der Waals surface area contributed by atoms with Crippen molar-refractivity contribution in [2.75, 3.05) is 12.4 Å². The van der Waals surface area contributed by atoms with E-state index < -0.39 is 17.2 Å². The molecule has 0 atom stereocenters. The summed E-state index contributed by atoms with van der Waals surface area (Å²) >= 11 is 0. The summed E-state index contributed by atoms with van der Waals surface area (Å²) < 4.78 is 10.7. The fourth-order valence-electron chi connectivity index (χ4n) is 2.62. The van der Waals surface area contributed by atoms with Crippen LogP contribution in [0.2, 0.25) is 0 Å². The number of amides is 2. The lowest BCUT2D eigenvalue weighted by Gasteiger charge is -2.10. The molecule has 1 aromatic heterocycles. The molecule has 0 saturated heterocycles. The maximum Gasteiger partial charge on any atom is 0.272 e. The van der Waals surface area contributed by atoms with Crippen LogP contribution in [0.15, 0.2) is 65.6 Å². The van der Waals surface area contributed by atoms with Crippen LogP contribution in [0.4, 0.5) is 5.69 Å². The zero-order valence-corrected chi connectivity index (χ0v) is 15.6. The van der Waals surface area contributed by atoms with E-state index in [-0.39, 0.29) is 29.3 Å². The molecule has 2 aromatic carbocycles. The van der Waals surface area contributed by atoms with E-state index in [1.807, 2.05) is 12.1 Å². The van der Waals surface area contributed by atoms with Gasteiger partial charge in [-0.25, -0.2) is 0 Å². The fourth-order valence-corrected chi connectivity index (χ4v) is 2.62. The summed E-state index contributed by atoms with van der Waals surface area (Å²) in [5.74, 6) is -0.504. The summed E-state index contributed by atoms with van der Waals surface area (Å²) in [5, 5.41) is 2.56. The summed E-state index contributed by atoms with van der Waals surface area (Å²) in [5.41, 5.74) is 6.11. The monoisotopic (exact) mass is 393 g/mol. The number of aromatic nitrogens is 1. The molecule has 0 saturated carbocycles. The van der Waals surface area contributed by atoms with Crippen LogP contribution >= 0.6 is 0 Å². The zero-order chi connectivity index (χ0) is 20.8. The molecule has 1 heterocycles.